The lowest BCUT2D eigenvalue weighted by molar-refractivity contribution is 0.0696. The van der Waals surface area contributed by atoms with E-state index in [1.165, 1.54) is 18.2 Å². The van der Waals surface area contributed by atoms with Crippen molar-refractivity contribution in [2.24, 2.45) is 0 Å². The van der Waals surface area contributed by atoms with Gasteiger partial charge in [-0.05, 0) is 32.0 Å². The molecule has 2 aromatic rings. The van der Waals surface area contributed by atoms with E-state index in [1.54, 1.807) is 13.8 Å². The van der Waals surface area contributed by atoms with Crippen LogP contribution in [0.3, 0.4) is 0 Å². The number of hydrogen-bond acceptors (Lipinski definition) is 4. The maximum absolute atomic E-state index is 12.1. The zero-order chi connectivity index (χ0) is 14.9. The molecule has 0 spiro atoms. The Bertz CT molecular complexity index is 674. The van der Waals surface area contributed by atoms with Crippen LogP contribution in [0.15, 0.2) is 22.7 Å². The standard InChI is InChI=1S/C13H11ClN2O4/c1-6-11(7(2)20-16-6)12(17)15-10-4-3-8(13(18)19)5-9(10)14/h3-5H,1-2H3,(H,15,17)(H,18,19). The van der Waals surface area contributed by atoms with E-state index in [-0.39, 0.29) is 10.6 Å². The van der Waals surface area contributed by atoms with E-state index in [0.29, 0.717) is 22.7 Å². The predicted molar refractivity (Wildman–Crippen MR) is 72.3 cm³/mol. The van der Waals surface area contributed by atoms with Gasteiger partial charge in [0.25, 0.3) is 5.91 Å². The lowest BCUT2D eigenvalue weighted by atomic mass is 10.1. The summed E-state index contributed by atoms with van der Waals surface area (Å²) in [4.78, 5) is 22.9. The zero-order valence-electron chi connectivity index (χ0n) is 10.7. The Morgan fingerprint density at radius 3 is 2.55 bits per heavy atom. The van der Waals surface area contributed by atoms with E-state index in [2.05, 4.69) is 10.5 Å². The van der Waals surface area contributed by atoms with Crippen LogP contribution in [0.2, 0.25) is 5.02 Å². The number of nitrogens with zero attached hydrogens (tertiary/aromatic N) is 1. The van der Waals surface area contributed by atoms with Gasteiger partial charge in [0.1, 0.15) is 11.3 Å². The van der Waals surface area contributed by atoms with E-state index >= 15 is 0 Å². The number of hydrogen-bond donors (Lipinski definition) is 2. The summed E-state index contributed by atoms with van der Waals surface area (Å²) in [6, 6.07) is 4.06. The molecule has 1 amide bonds. The second-order valence-electron chi connectivity index (χ2n) is 4.15. The number of benzene rings is 1. The molecule has 7 heteroatoms. The van der Waals surface area contributed by atoms with E-state index in [1.807, 2.05) is 0 Å². The maximum Gasteiger partial charge on any atom is 0.335 e. The highest BCUT2D eigenvalue weighted by Crippen LogP contribution is 2.24. The van der Waals surface area contributed by atoms with Gasteiger partial charge >= 0.3 is 5.97 Å². The number of aromatic nitrogens is 1. The third kappa shape index (κ3) is 2.65. The van der Waals surface area contributed by atoms with Crippen molar-refractivity contribution >= 4 is 29.2 Å². The summed E-state index contributed by atoms with van der Waals surface area (Å²) in [7, 11) is 0. The van der Waals surface area contributed by atoms with Crippen LogP contribution in [0.25, 0.3) is 0 Å². The van der Waals surface area contributed by atoms with Crippen molar-refractivity contribution in [3.8, 4) is 0 Å². The van der Waals surface area contributed by atoms with Gasteiger partial charge in [-0.2, -0.15) is 0 Å². The Morgan fingerprint density at radius 1 is 1.35 bits per heavy atom. The molecule has 0 unspecified atom stereocenters. The molecule has 0 aliphatic rings. The van der Waals surface area contributed by atoms with Gasteiger partial charge in [-0.3, -0.25) is 4.79 Å². The fraction of sp³-hybridized carbons (Fsp3) is 0.154. The third-order valence-corrected chi connectivity index (χ3v) is 3.04. The van der Waals surface area contributed by atoms with Crippen LogP contribution in [0, 0.1) is 13.8 Å². The first-order valence-corrected chi connectivity index (χ1v) is 6.05. The Hall–Kier alpha value is -2.34. The molecule has 0 aliphatic carbocycles. The fourth-order valence-electron chi connectivity index (χ4n) is 1.74. The molecule has 6 nitrogen and oxygen atoms in total. The summed E-state index contributed by atoms with van der Waals surface area (Å²) >= 11 is 5.94. The van der Waals surface area contributed by atoms with Gasteiger partial charge in [-0.25, -0.2) is 4.79 Å². The first kappa shape index (κ1) is 14.1. The van der Waals surface area contributed by atoms with Crippen molar-refractivity contribution in [2.75, 3.05) is 5.32 Å². The minimum absolute atomic E-state index is 0.0466. The average molecular weight is 295 g/mol. The molecule has 1 aromatic carbocycles. The smallest absolute Gasteiger partial charge is 0.335 e. The molecule has 0 saturated heterocycles. The molecule has 0 radical (unpaired) electrons. The maximum atomic E-state index is 12.1. The largest absolute Gasteiger partial charge is 0.478 e. The summed E-state index contributed by atoms with van der Waals surface area (Å²) in [5, 5.41) is 15.3. The Kier molecular flexibility index (Phi) is 3.76. The van der Waals surface area contributed by atoms with Crippen LogP contribution in [-0.2, 0) is 0 Å². The van der Waals surface area contributed by atoms with Crippen molar-refractivity contribution in [1.29, 1.82) is 0 Å². The first-order valence-electron chi connectivity index (χ1n) is 5.67. The highest BCUT2D eigenvalue weighted by atomic mass is 35.5. The number of carboxylic acids is 1. The van der Waals surface area contributed by atoms with E-state index in [4.69, 9.17) is 21.2 Å². The third-order valence-electron chi connectivity index (χ3n) is 2.72. The molecule has 0 atom stereocenters. The van der Waals surface area contributed by atoms with Gasteiger partial charge < -0.3 is 14.9 Å². The second kappa shape index (κ2) is 5.34. The van der Waals surface area contributed by atoms with Crippen LogP contribution in [-0.4, -0.2) is 22.1 Å². The number of halogens is 1. The summed E-state index contributed by atoms with van der Waals surface area (Å²) in [5.41, 5.74) is 1.17. The fourth-order valence-corrected chi connectivity index (χ4v) is 1.97. The minimum atomic E-state index is -1.09. The topological polar surface area (TPSA) is 92.4 Å². The van der Waals surface area contributed by atoms with Crippen molar-refractivity contribution < 1.29 is 19.2 Å². The second-order valence-corrected chi connectivity index (χ2v) is 4.56. The molecule has 0 saturated carbocycles. The highest BCUT2D eigenvalue weighted by molar-refractivity contribution is 6.34. The summed E-state index contributed by atoms with van der Waals surface area (Å²) in [5.74, 6) is -1.10. The SMILES string of the molecule is Cc1noc(C)c1C(=O)Nc1ccc(C(=O)O)cc1Cl. The van der Waals surface area contributed by atoms with Gasteiger partial charge in [0.15, 0.2) is 0 Å². The average Bonchev–Trinajstić information content (AvgIpc) is 2.71. The minimum Gasteiger partial charge on any atom is -0.478 e. The van der Waals surface area contributed by atoms with Gasteiger partial charge in [-0.15, -0.1) is 0 Å². The molecule has 0 bridgehead atoms. The monoisotopic (exact) mass is 294 g/mol. The van der Waals surface area contributed by atoms with E-state index in [9.17, 15) is 9.59 Å². The zero-order valence-corrected chi connectivity index (χ0v) is 11.5. The lowest BCUT2D eigenvalue weighted by Gasteiger charge is -2.07. The number of carboxylic acid groups (broad SMARTS) is 1. The lowest BCUT2D eigenvalue weighted by Crippen LogP contribution is -2.14. The number of nitrogens with one attached hydrogen (secondary N) is 1. The Morgan fingerprint density at radius 2 is 2.05 bits per heavy atom. The molecule has 0 aliphatic heterocycles. The van der Waals surface area contributed by atoms with Crippen LogP contribution in [0.1, 0.15) is 32.2 Å². The molecular formula is C13H11ClN2O4. The van der Waals surface area contributed by atoms with Crippen LogP contribution in [0.4, 0.5) is 5.69 Å². The van der Waals surface area contributed by atoms with Crippen molar-refractivity contribution in [2.45, 2.75) is 13.8 Å². The first-order chi connectivity index (χ1) is 9.40. The molecule has 2 rings (SSSR count). The van der Waals surface area contributed by atoms with Crippen molar-refractivity contribution in [3.05, 3.63) is 45.8 Å². The number of aromatic carboxylic acids is 1. The molecule has 104 valence electrons. The molecule has 1 aromatic heterocycles. The number of rotatable bonds is 3. The number of amides is 1. The van der Waals surface area contributed by atoms with Crippen LogP contribution in [0.5, 0.6) is 0 Å². The van der Waals surface area contributed by atoms with Crippen molar-refractivity contribution in [3.63, 3.8) is 0 Å². The molecular weight excluding hydrogens is 284 g/mol. The number of anilines is 1. The summed E-state index contributed by atoms with van der Waals surface area (Å²) < 4.78 is 4.91. The van der Waals surface area contributed by atoms with Crippen LogP contribution >= 0.6 is 11.6 Å². The van der Waals surface area contributed by atoms with Gasteiger partial charge in [0, 0.05) is 0 Å². The number of carbonyl (C=O) groups is 2. The van der Waals surface area contributed by atoms with Gasteiger partial charge in [0.05, 0.1) is 22.0 Å². The Balaban J connectivity index is 2.27. The molecule has 20 heavy (non-hydrogen) atoms. The predicted octanol–water partition coefficient (Wildman–Crippen LogP) is 2.90. The van der Waals surface area contributed by atoms with Gasteiger partial charge in [0.2, 0.25) is 0 Å². The molecule has 1 heterocycles. The van der Waals surface area contributed by atoms with Gasteiger partial charge in [-0.1, -0.05) is 16.8 Å². The van der Waals surface area contributed by atoms with E-state index < -0.39 is 11.9 Å². The number of aryl methyl sites for hydroxylation is 2. The number of carbonyl (C=O) groups excluding carboxylic acids is 1. The van der Waals surface area contributed by atoms with E-state index in [0.717, 1.165) is 0 Å². The molecule has 0 fully saturated rings. The Labute approximate surface area is 119 Å². The summed E-state index contributed by atoms with van der Waals surface area (Å²) in [6.07, 6.45) is 0. The quantitative estimate of drug-likeness (QED) is 0.908. The molecule has 2 N–H and O–H groups in total. The summed E-state index contributed by atoms with van der Waals surface area (Å²) in [6.45, 7) is 3.28. The van der Waals surface area contributed by atoms with Crippen molar-refractivity contribution in [1.82, 2.24) is 5.16 Å². The highest BCUT2D eigenvalue weighted by Gasteiger charge is 2.18. The normalized spacial score (nSPS) is 10.3. The van der Waals surface area contributed by atoms with Crippen LogP contribution < -0.4 is 5.32 Å².